The quantitative estimate of drug-likeness (QED) is 0.318. The molecule has 176 valence electrons. The highest BCUT2D eigenvalue weighted by Gasteiger charge is 2.22. The van der Waals surface area contributed by atoms with E-state index in [2.05, 4.69) is 21.6 Å². The van der Waals surface area contributed by atoms with E-state index in [0.717, 1.165) is 29.2 Å². The Morgan fingerprint density at radius 1 is 1.03 bits per heavy atom. The molecule has 0 saturated carbocycles. The molecule has 1 N–H and O–H groups in total. The Bertz CT molecular complexity index is 1210. The maximum Gasteiger partial charge on any atom is 0.233 e. The third-order valence-electron chi connectivity index (χ3n) is 5.21. The van der Waals surface area contributed by atoms with Gasteiger partial charge in [-0.15, -0.1) is 21.5 Å². The molecule has 4 aromatic rings. The summed E-state index contributed by atoms with van der Waals surface area (Å²) in [5, 5.41) is 14.3. The molecule has 4 rings (SSSR count). The Morgan fingerprint density at radius 3 is 2.32 bits per heavy atom. The lowest BCUT2D eigenvalue weighted by Crippen LogP contribution is -2.32. The first-order valence-corrected chi connectivity index (χ1v) is 12.6. The van der Waals surface area contributed by atoms with E-state index in [4.69, 9.17) is 9.47 Å². The lowest BCUT2D eigenvalue weighted by Gasteiger charge is -2.14. The van der Waals surface area contributed by atoms with Crippen LogP contribution >= 0.6 is 23.1 Å². The number of thioether (sulfide) groups is 1. The molecule has 2 aromatic heterocycles. The Hall–Kier alpha value is -3.30. The van der Waals surface area contributed by atoms with Gasteiger partial charge in [0, 0.05) is 22.7 Å². The van der Waals surface area contributed by atoms with Gasteiger partial charge in [-0.3, -0.25) is 9.36 Å². The maximum atomic E-state index is 12.7. The number of rotatable bonds is 10. The number of aromatic nitrogens is 3. The van der Waals surface area contributed by atoms with Crippen molar-refractivity contribution in [2.45, 2.75) is 23.8 Å². The van der Waals surface area contributed by atoms with Crippen molar-refractivity contribution in [2.24, 2.45) is 0 Å². The summed E-state index contributed by atoms with van der Waals surface area (Å²) in [6.07, 6.45) is 0.824. The summed E-state index contributed by atoms with van der Waals surface area (Å²) >= 11 is 3.07. The van der Waals surface area contributed by atoms with Crippen molar-refractivity contribution in [2.75, 3.05) is 20.8 Å². The SMILES string of the molecule is COc1ccc(-c2nnc(S[C@H](C)C(=O)NCCc3cccs3)n2-c2ccc(OC)cc2)cc1. The maximum absolute atomic E-state index is 12.7. The normalized spacial score (nSPS) is 11.7. The van der Waals surface area contributed by atoms with Crippen LogP contribution in [0, 0.1) is 0 Å². The first kappa shape index (κ1) is 23.8. The van der Waals surface area contributed by atoms with Crippen LogP contribution in [0.1, 0.15) is 11.8 Å². The van der Waals surface area contributed by atoms with Crippen LogP contribution in [0.2, 0.25) is 0 Å². The lowest BCUT2D eigenvalue weighted by molar-refractivity contribution is -0.120. The fourth-order valence-corrected chi connectivity index (χ4v) is 4.96. The van der Waals surface area contributed by atoms with Crippen LogP contribution in [0.3, 0.4) is 0 Å². The Balaban J connectivity index is 1.56. The van der Waals surface area contributed by atoms with Crippen molar-refractivity contribution >= 4 is 29.0 Å². The molecule has 0 radical (unpaired) electrons. The molecular formula is C25H26N4O3S2. The molecule has 34 heavy (non-hydrogen) atoms. The number of ether oxygens (including phenoxy) is 2. The molecule has 0 fully saturated rings. The number of carbonyl (C=O) groups excluding carboxylic acids is 1. The Kier molecular flexibility index (Phi) is 7.87. The number of hydrogen-bond acceptors (Lipinski definition) is 7. The standard InChI is InChI=1S/C25H26N4O3S2/c1-17(24(30)26-15-14-22-5-4-16-33-22)34-25-28-27-23(18-6-10-20(31-2)11-7-18)29(25)19-8-12-21(32-3)13-9-19/h4-13,16-17H,14-15H2,1-3H3,(H,26,30)/t17-/m1/s1. The van der Waals surface area contributed by atoms with E-state index in [1.807, 2.05) is 71.5 Å². The molecule has 0 aliphatic rings. The van der Waals surface area contributed by atoms with E-state index in [9.17, 15) is 4.79 Å². The van der Waals surface area contributed by atoms with Crippen molar-refractivity contribution in [3.05, 3.63) is 70.9 Å². The van der Waals surface area contributed by atoms with Crippen molar-refractivity contribution in [1.82, 2.24) is 20.1 Å². The van der Waals surface area contributed by atoms with E-state index in [0.29, 0.717) is 17.5 Å². The van der Waals surface area contributed by atoms with Gasteiger partial charge in [0.2, 0.25) is 5.91 Å². The second-order valence-electron chi connectivity index (χ2n) is 7.45. The first-order chi connectivity index (χ1) is 16.6. The Morgan fingerprint density at radius 2 is 1.71 bits per heavy atom. The molecule has 0 aliphatic carbocycles. The molecule has 1 atom stereocenters. The number of amides is 1. The predicted octanol–water partition coefficient (Wildman–Crippen LogP) is 4.85. The average molecular weight is 495 g/mol. The molecule has 0 spiro atoms. The van der Waals surface area contributed by atoms with Crippen molar-refractivity contribution in [3.63, 3.8) is 0 Å². The zero-order chi connectivity index (χ0) is 23.9. The number of carbonyl (C=O) groups is 1. The van der Waals surface area contributed by atoms with Crippen LogP contribution < -0.4 is 14.8 Å². The number of methoxy groups -OCH3 is 2. The molecule has 7 nitrogen and oxygen atoms in total. The van der Waals surface area contributed by atoms with Gasteiger partial charge in [-0.1, -0.05) is 17.8 Å². The third-order valence-corrected chi connectivity index (χ3v) is 7.19. The highest BCUT2D eigenvalue weighted by molar-refractivity contribution is 8.00. The molecule has 1 amide bonds. The van der Waals surface area contributed by atoms with E-state index in [1.165, 1.54) is 16.6 Å². The number of nitrogens with one attached hydrogen (secondary N) is 1. The molecule has 0 saturated heterocycles. The predicted molar refractivity (Wildman–Crippen MR) is 136 cm³/mol. The first-order valence-electron chi connectivity index (χ1n) is 10.8. The average Bonchev–Trinajstić information content (AvgIpc) is 3.54. The minimum atomic E-state index is -0.340. The Labute approximate surface area is 207 Å². The summed E-state index contributed by atoms with van der Waals surface area (Å²) in [4.78, 5) is 14.0. The minimum Gasteiger partial charge on any atom is -0.497 e. The highest BCUT2D eigenvalue weighted by atomic mass is 32.2. The summed E-state index contributed by atoms with van der Waals surface area (Å²) in [5.41, 5.74) is 1.77. The van der Waals surface area contributed by atoms with Crippen LogP contribution in [-0.2, 0) is 11.2 Å². The summed E-state index contributed by atoms with van der Waals surface area (Å²) < 4.78 is 12.5. The van der Waals surface area contributed by atoms with Gasteiger partial charge in [0.25, 0.3) is 0 Å². The number of thiophene rings is 1. The van der Waals surface area contributed by atoms with Crippen molar-refractivity contribution in [3.8, 4) is 28.6 Å². The summed E-state index contributed by atoms with van der Waals surface area (Å²) in [7, 11) is 3.27. The summed E-state index contributed by atoms with van der Waals surface area (Å²) in [5.74, 6) is 2.18. The monoisotopic (exact) mass is 494 g/mol. The summed E-state index contributed by atoms with van der Waals surface area (Å²) in [6, 6.07) is 19.4. The molecule has 9 heteroatoms. The minimum absolute atomic E-state index is 0.0307. The van der Waals surface area contributed by atoms with Crippen molar-refractivity contribution in [1.29, 1.82) is 0 Å². The smallest absolute Gasteiger partial charge is 0.233 e. The largest absolute Gasteiger partial charge is 0.497 e. The van der Waals surface area contributed by atoms with Gasteiger partial charge >= 0.3 is 0 Å². The van der Waals surface area contributed by atoms with Crippen LogP contribution in [0.4, 0.5) is 0 Å². The van der Waals surface area contributed by atoms with E-state index < -0.39 is 0 Å². The lowest BCUT2D eigenvalue weighted by atomic mass is 10.2. The fraction of sp³-hybridized carbons (Fsp3) is 0.240. The third kappa shape index (κ3) is 5.60. The second-order valence-corrected chi connectivity index (χ2v) is 9.79. The van der Waals surface area contributed by atoms with E-state index in [-0.39, 0.29) is 11.2 Å². The number of benzene rings is 2. The molecule has 0 aliphatic heterocycles. The zero-order valence-corrected chi connectivity index (χ0v) is 20.9. The zero-order valence-electron chi connectivity index (χ0n) is 19.2. The van der Waals surface area contributed by atoms with Gasteiger partial charge in [-0.05, 0) is 73.3 Å². The van der Waals surface area contributed by atoms with Gasteiger partial charge in [0.15, 0.2) is 11.0 Å². The van der Waals surface area contributed by atoms with Gasteiger partial charge < -0.3 is 14.8 Å². The fourth-order valence-electron chi connectivity index (χ4n) is 3.36. The summed E-state index contributed by atoms with van der Waals surface area (Å²) in [6.45, 7) is 2.48. The van der Waals surface area contributed by atoms with Crippen LogP contribution in [0.15, 0.2) is 71.2 Å². The second kappa shape index (κ2) is 11.2. The van der Waals surface area contributed by atoms with Crippen LogP contribution in [0.5, 0.6) is 11.5 Å². The highest BCUT2D eigenvalue weighted by Crippen LogP contribution is 2.31. The topological polar surface area (TPSA) is 78.3 Å². The molecule has 0 bridgehead atoms. The van der Waals surface area contributed by atoms with Gasteiger partial charge in [-0.25, -0.2) is 0 Å². The van der Waals surface area contributed by atoms with Gasteiger partial charge in [-0.2, -0.15) is 0 Å². The van der Waals surface area contributed by atoms with Crippen LogP contribution in [-0.4, -0.2) is 46.7 Å². The molecule has 2 aromatic carbocycles. The van der Waals surface area contributed by atoms with E-state index >= 15 is 0 Å². The van der Waals surface area contributed by atoms with Crippen molar-refractivity contribution < 1.29 is 14.3 Å². The van der Waals surface area contributed by atoms with Crippen LogP contribution in [0.25, 0.3) is 17.1 Å². The van der Waals surface area contributed by atoms with Gasteiger partial charge in [0.05, 0.1) is 19.5 Å². The molecular weight excluding hydrogens is 468 g/mol. The van der Waals surface area contributed by atoms with E-state index in [1.54, 1.807) is 25.6 Å². The molecule has 0 unspecified atom stereocenters. The number of hydrogen-bond donors (Lipinski definition) is 1. The molecule has 2 heterocycles. The van der Waals surface area contributed by atoms with Gasteiger partial charge in [0.1, 0.15) is 11.5 Å². The number of nitrogens with zero attached hydrogens (tertiary/aromatic N) is 3.